The number of halogens is 1. The minimum atomic E-state index is -0.263. The molecule has 2 N–H and O–H groups in total. The van der Waals surface area contributed by atoms with Crippen molar-refractivity contribution in [1.82, 2.24) is 0 Å². The van der Waals surface area contributed by atoms with Crippen molar-refractivity contribution in [2.75, 3.05) is 11.9 Å². The van der Waals surface area contributed by atoms with Gasteiger partial charge in [-0.15, -0.1) is 0 Å². The Labute approximate surface area is 130 Å². The number of hydrogen-bond donors (Lipinski definition) is 2. The quantitative estimate of drug-likeness (QED) is 0.793. The zero-order chi connectivity index (χ0) is 14.5. The lowest BCUT2D eigenvalue weighted by atomic mass is 10.2. The molecular weight excluding hydrogens is 369 g/mol. The Morgan fingerprint density at radius 3 is 2.55 bits per heavy atom. The van der Waals surface area contributed by atoms with Crippen LogP contribution in [0, 0.1) is 3.57 Å². The molecule has 0 aliphatic rings. The molecule has 0 aliphatic heterocycles. The maximum Gasteiger partial charge on any atom is 0.255 e. The summed E-state index contributed by atoms with van der Waals surface area (Å²) in [6.45, 7) is 2.52. The summed E-state index contributed by atoms with van der Waals surface area (Å²) in [4.78, 5) is 12.0. The van der Waals surface area contributed by atoms with Gasteiger partial charge in [-0.2, -0.15) is 0 Å². The van der Waals surface area contributed by atoms with Crippen molar-refractivity contribution >= 4 is 34.2 Å². The highest BCUT2D eigenvalue weighted by atomic mass is 127. The number of amides is 1. The van der Waals surface area contributed by atoms with E-state index in [4.69, 9.17) is 4.74 Å². The Hall–Kier alpha value is -1.76. The van der Waals surface area contributed by atoms with Gasteiger partial charge in [0, 0.05) is 11.3 Å². The topological polar surface area (TPSA) is 58.6 Å². The standard InChI is InChI=1S/C15H14INO3/c1-2-20-12-6-4-11(5-7-12)17-15(19)10-3-8-13(16)14(18)9-10/h3-9,18H,2H2,1H3,(H,17,19). The highest BCUT2D eigenvalue weighted by Crippen LogP contribution is 2.21. The van der Waals surface area contributed by atoms with E-state index in [1.54, 1.807) is 36.4 Å². The summed E-state index contributed by atoms with van der Waals surface area (Å²) in [6.07, 6.45) is 0. The van der Waals surface area contributed by atoms with Crippen LogP contribution in [0.5, 0.6) is 11.5 Å². The second-order valence-electron chi connectivity index (χ2n) is 4.08. The molecule has 104 valence electrons. The fourth-order valence-corrected chi connectivity index (χ4v) is 1.99. The van der Waals surface area contributed by atoms with E-state index in [0.29, 0.717) is 21.4 Å². The van der Waals surface area contributed by atoms with Gasteiger partial charge in [0.25, 0.3) is 5.91 Å². The summed E-state index contributed by atoms with van der Waals surface area (Å²) in [5.74, 6) is 0.600. The molecule has 0 aliphatic carbocycles. The summed E-state index contributed by atoms with van der Waals surface area (Å²) >= 11 is 2.00. The maximum atomic E-state index is 12.0. The van der Waals surface area contributed by atoms with Crippen molar-refractivity contribution in [2.24, 2.45) is 0 Å². The third-order valence-corrected chi connectivity index (χ3v) is 3.54. The van der Waals surface area contributed by atoms with E-state index in [0.717, 1.165) is 5.75 Å². The SMILES string of the molecule is CCOc1ccc(NC(=O)c2ccc(I)c(O)c2)cc1. The van der Waals surface area contributed by atoms with Crippen LogP contribution < -0.4 is 10.1 Å². The predicted molar refractivity (Wildman–Crippen MR) is 86.4 cm³/mol. The molecule has 0 saturated heterocycles. The minimum absolute atomic E-state index is 0.102. The molecule has 5 heteroatoms. The fourth-order valence-electron chi connectivity index (χ4n) is 1.66. The van der Waals surface area contributed by atoms with E-state index in [1.165, 1.54) is 6.07 Å². The van der Waals surface area contributed by atoms with Gasteiger partial charge in [0.05, 0.1) is 10.2 Å². The second kappa shape index (κ2) is 6.60. The first-order valence-electron chi connectivity index (χ1n) is 6.13. The summed E-state index contributed by atoms with van der Waals surface area (Å²) < 4.78 is 6.04. The van der Waals surface area contributed by atoms with E-state index < -0.39 is 0 Å². The number of aromatic hydroxyl groups is 1. The van der Waals surface area contributed by atoms with Crippen molar-refractivity contribution in [2.45, 2.75) is 6.92 Å². The summed E-state index contributed by atoms with van der Waals surface area (Å²) in [5, 5.41) is 12.4. The minimum Gasteiger partial charge on any atom is -0.507 e. The fraction of sp³-hybridized carbons (Fsp3) is 0.133. The van der Waals surface area contributed by atoms with Crippen molar-refractivity contribution < 1.29 is 14.6 Å². The molecule has 0 heterocycles. The number of phenolic OH excluding ortho intramolecular Hbond substituents is 1. The number of anilines is 1. The highest BCUT2D eigenvalue weighted by molar-refractivity contribution is 14.1. The van der Waals surface area contributed by atoms with Gasteiger partial charge < -0.3 is 15.2 Å². The number of hydrogen-bond acceptors (Lipinski definition) is 3. The van der Waals surface area contributed by atoms with Crippen molar-refractivity contribution in [1.29, 1.82) is 0 Å². The number of nitrogens with one attached hydrogen (secondary N) is 1. The number of phenols is 1. The zero-order valence-electron chi connectivity index (χ0n) is 10.9. The van der Waals surface area contributed by atoms with Gasteiger partial charge in [-0.3, -0.25) is 4.79 Å². The number of benzene rings is 2. The van der Waals surface area contributed by atoms with Crippen LogP contribution in [0.25, 0.3) is 0 Å². The van der Waals surface area contributed by atoms with Crippen LogP contribution in [0.3, 0.4) is 0 Å². The van der Waals surface area contributed by atoms with E-state index in [-0.39, 0.29) is 11.7 Å². The normalized spacial score (nSPS) is 10.1. The van der Waals surface area contributed by atoms with Gasteiger partial charge in [-0.1, -0.05) is 0 Å². The Morgan fingerprint density at radius 2 is 1.95 bits per heavy atom. The Morgan fingerprint density at radius 1 is 1.25 bits per heavy atom. The van der Waals surface area contributed by atoms with E-state index >= 15 is 0 Å². The summed E-state index contributed by atoms with van der Waals surface area (Å²) in [6, 6.07) is 12.0. The number of carbonyl (C=O) groups is 1. The number of carbonyl (C=O) groups excluding carboxylic acids is 1. The Balaban J connectivity index is 2.08. The molecule has 0 unspecified atom stereocenters. The molecular formula is C15H14INO3. The molecule has 2 aromatic carbocycles. The number of ether oxygens (including phenoxy) is 1. The van der Waals surface area contributed by atoms with Crippen LogP contribution in [0.4, 0.5) is 5.69 Å². The molecule has 1 amide bonds. The molecule has 20 heavy (non-hydrogen) atoms. The molecule has 0 saturated carbocycles. The van der Waals surface area contributed by atoms with Crippen LogP contribution in [0.15, 0.2) is 42.5 Å². The second-order valence-corrected chi connectivity index (χ2v) is 5.24. The third kappa shape index (κ3) is 3.63. The molecule has 0 radical (unpaired) electrons. The lowest BCUT2D eigenvalue weighted by Crippen LogP contribution is -2.11. The smallest absolute Gasteiger partial charge is 0.255 e. The third-order valence-electron chi connectivity index (χ3n) is 2.63. The van der Waals surface area contributed by atoms with Crippen LogP contribution in [0.1, 0.15) is 17.3 Å². The van der Waals surface area contributed by atoms with Crippen molar-refractivity contribution in [3.05, 3.63) is 51.6 Å². The average molecular weight is 383 g/mol. The van der Waals surface area contributed by atoms with Crippen molar-refractivity contribution in [3.63, 3.8) is 0 Å². The largest absolute Gasteiger partial charge is 0.507 e. The van der Waals surface area contributed by atoms with Crippen LogP contribution in [0.2, 0.25) is 0 Å². The van der Waals surface area contributed by atoms with Gasteiger partial charge in [0.15, 0.2) is 0 Å². The molecule has 0 fully saturated rings. The van der Waals surface area contributed by atoms with Gasteiger partial charge in [0.2, 0.25) is 0 Å². The van der Waals surface area contributed by atoms with Gasteiger partial charge in [-0.05, 0) is 72.0 Å². The van der Waals surface area contributed by atoms with Crippen LogP contribution in [-0.4, -0.2) is 17.6 Å². The van der Waals surface area contributed by atoms with E-state index in [9.17, 15) is 9.90 Å². The molecule has 0 atom stereocenters. The average Bonchev–Trinajstić information content (AvgIpc) is 2.44. The van der Waals surface area contributed by atoms with E-state index in [1.807, 2.05) is 29.5 Å². The zero-order valence-corrected chi connectivity index (χ0v) is 13.0. The van der Waals surface area contributed by atoms with Crippen LogP contribution in [-0.2, 0) is 0 Å². The molecule has 0 bridgehead atoms. The highest BCUT2D eigenvalue weighted by Gasteiger charge is 2.08. The first-order valence-corrected chi connectivity index (χ1v) is 7.20. The Kier molecular flexibility index (Phi) is 4.84. The first-order chi connectivity index (χ1) is 9.60. The first kappa shape index (κ1) is 14.6. The lowest BCUT2D eigenvalue weighted by Gasteiger charge is -2.08. The van der Waals surface area contributed by atoms with Crippen molar-refractivity contribution in [3.8, 4) is 11.5 Å². The molecule has 2 rings (SSSR count). The maximum absolute atomic E-state index is 12.0. The lowest BCUT2D eigenvalue weighted by molar-refractivity contribution is 0.102. The van der Waals surface area contributed by atoms with Gasteiger partial charge in [-0.25, -0.2) is 0 Å². The predicted octanol–water partition coefficient (Wildman–Crippen LogP) is 3.65. The summed E-state index contributed by atoms with van der Waals surface area (Å²) in [7, 11) is 0. The molecule has 0 aromatic heterocycles. The van der Waals surface area contributed by atoms with Crippen LogP contribution >= 0.6 is 22.6 Å². The number of rotatable bonds is 4. The van der Waals surface area contributed by atoms with E-state index in [2.05, 4.69) is 5.32 Å². The Bertz CT molecular complexity index is 611. The molecule has 4 nitrogen and oxygen atoms in total. The molecule has 2 aromatic rings. The molecule has 0 spiro atoms. The summed E-state index contributed by atoms with van der Waals surface area (Å²) in [5.41, 5.74) is 1.09. The van der Waals surface area contributed by atoms with Gasteiger partial charge in [0.1, 0.15) is 11.5 Å². The van der Waals surface area contributed by atoms with Gasteiger partial charge >= 0.3 is 0 Å². The monoisotopic (exact) mass is 383 g/mol.